The minimum Gasteiger partial charge on any atom is -0.489 e. The van der Waals surface area contributed by atoms with Crippen molar-refractivity contribution in [2.75, 3.05) is 13.9 Å². The molecule has 22 heavy (non-hydrogen) atoms. The van der Waals surface area contributed by atoms with Gasteiger partial charge in [0.15, 0.2) is 11.5 Å². The molecule has 0 aromatic heterocycles. The van der Waals surface area contributed by atoms with Gasteiger partial charge in [-0.3, -0.25) is 0 Å². The largest absolute Gasteiger partial charge is 0.489 e. The van der Waals surface area contributed by atoms with Crippen LogP contribution < -0.4 is 14.2 Å². The lowest BCUT2D eigenvalue weighted by molar-refractivity contribution is 0.0597. The number of hydrogen-bond acceptors (Lipinski definition) is 5. The van der Waals surface area contributed by atoms with Crippen LogP contribution in [0.2, 0.25) is 0 Å². The minimum atomic E-state index is -0.608. The summed E-state index contributed by atoms with van der Waals surface area (Å²) in [5.74, 6) is 0.703. The molecule has 0 atom stereocenters. The van der Waals surface area contributed by atoms with Crippen LogP contribution in [0, 0.1) is 5.82 Å². The standard InChI is InChI=1S/C16H13FO5/c1-19-16(18)13-6-11(17)3-2-10(13)8-20-12-4-5-14-15(7-12)22-9-21-14/h2-7H,8-9H2,1H3. The molecule has 2 aromatic rings. The number of esters is 1. The summed E-state index contributed by atoms with van der Waals surface area (Å²) < 4.78 is 34.0. The molecule has 5 nitrogen and oxygen atoms in total. The fraction of sp³-hybridized carbons (Fsp3) is 0.188. The molecule has 1 aliphatic rings. The summed E-state index contributed by atoms with van der Waals surface area (Å²) in [6, 6.07) is 9.06. The van der Waals surface area contributed by atoms with Gasteiger partial charge in [-0.15, -0.1) is 0 Å². The third-order valence-corrected chi connectivity index (χ3v) is 3.22. The predicted octanol–water partition coefficient (Wildman–Crippen LogP) is 2.92. The molecule has 1 aliphatic heterocycles. The van der Waals surface area contributed by atoms with Crippen LogP contribution >= 0.6 is 0 Å². The van der Waals surface area contributed by atoms with E-state index < -0.39 is 11.8 Å². The zero-order valence-corrected chi connectivity index (χ0v) is 11.8. The van der Waals surface area contributed by atoms with Crippen molar-refractivity contribution in [1.82, 2.24) is 0 Å². The monoisotopic (exact) mass is 304 g/mol. The second-order valence-electron chi connectivity index (χ2n) is 4.60. The maximum absolute atomic E-state index is 13.3. The van der Waals surface area contributed by atoms with Gasteiger partial charge in [0.05, 0.1) is 12.7 Å². The van der Waals surface area contributed by atoms with E-state index in [1.165, 1.54) is 19.2 Å². The molecule has 0 amide bonds. The summed E-state index contributed by atoms with van der Waals surface area (Å²) >= 11 is 0. The SMILES string of the molecule is COC(=O)c1cc(F)ccc1COc1ccc2c(c1)OCO2. The molecule has 6 heteroatoms. The molecule has 114 valence electrons. The van der Waals surface area contributed by atoms with E-state index in [0.717, 1.165) is 6.07 Å². The average molecular weight is 304 g/mol. The Morgan fingerprint density at radius 2 is 2.00 bits per heavy atom. The number of benzene rings is 2. The van der Waals surface area contributed by atoms with Gasteiger partial charge in [0.1, 0.15) is 18.2 Å². The molecule has 3 rings (SSSR count). The van der Waals surface area contributed by atoms with Gasteiger partial charge in [-0.05, 0) is 24.3 Å². The third-order valence-electron chi connectivity index (χ3n) is 3.22. The fourth-order valence-corrected chi connectivity index (χ4v) is 2.10. The Balaban J connectivity index is 1.77. The quantitative estimate of drug-likeness (QED) is 0.813. The molecule has 2 aromatic carbocycles. The Morgan fingerprint density at radius 1 is 1.18 bits per heavy atom. The normalized spacial score (nSPS) is 12.1. The van der Waals surface area contributed by atoms with E-state index in [0.29, 0.717) is 22.8 Å². The highest BCUT2D eigenvalue weighted by Crippen LogP contribution is 2.35. The number of carbonyl (C=O) groups is 1. The lowest BCUT2D eigenvalue weighted by atomic mass is 10.1. The highest BCUT2D eigenvalue weighted by molar-refractivity contribution is 5.91. The molecular formula is C16H13FO5. The van der Waals surface area contributed by atoms with Crippen LogP contribution in [0.5, 0.6) is 17.2 Å². The molecule has 0 aliphatic carbocycles. The first-order chi connectivity index (χ1) is 10.7. The Hall–Kier alpha value is -2.76. The predicted molar refractivity (Wildman–Crippen MR) is 74.6 cm³/mol. The van der Waals surface area contributed by atoms with Crippen LogP contribution in [0.1, 0.15) is 15.9 Å². The van der Waals surface area contributed by atoms with E-state index in [4.69, 9.17) is 14.2 Å². The first-order valence-corrected chi connectivity index (χ1v) is 6.56. The molecule has 0 saturated carbocycles. The summed E-state index contributed by atoms with van der Waals surface area (Å²) in [5.41, 5.74) is 0.675. The summed E-state index contributed by atoms with van der Waals surface area (Å²) in [6.45, 7) is 0.285. The average Bonchev–Trinajstić information content (AvgIpc) is 3.00. The van der Waals surface area contributed by atoms with Gasteiger partial charge in [0.25, 0.3) is 0 Å². The fourth-order valence-electron chi connectivity index (χ4n) is 2.10. The molecule has 1 heterocycles. The summed E-state index contributed by atoms with van der Waals surface area (Å²) in [6.07, 6.45) is 0. The Morgan fingerprint density at radius 3 is 2.82 bits per heavy atom. The van der Waals surface area contributed by atoms with Crippen LogP contribution in [0.3, 0.4) is 0 Å². The second-order valence-corrected chi connectivity index (χ2v) is 4.60. The summed E-state index contributed by atoms with van der Waals surface area (Å²) in [7, 11) is 1.25. The van der Waals surface area contributed by atoms with E-state index in [1.54, 1.807) is 18.2 Å². The van der Waals surface area contributed by atoms with Gasteiger partial charge in [0.2, 0.25) is 6.79 Å². The second kappa shape index (κ2) is 5.93. The number of carbonyl (C=O) groups excluding carboxylic acids is 1. The van der Waals surface area contributed by atoms with Crippen molar-refractivity contribution in [3.05, 3.63) is 53.3 Å². The third kappa shape index (κ3) is 2.81. The highest BCUT2D eigenvalue weighted by Gasteiger charge is 2.16. The van der Waals surface area contributed by atoms with Crippen LogP contribution in [0.25, 0.3) is 0 Å². The summed E-state index contributed by atoms with van der Waals surface area (Å²) in [4.78, 5) is 11.7. The number of rotatable bonds is 4. The number of ether oxygens (including phenoxy) is 4. The molecule has 0 saturated heterocycles. The van der Waals surface area contributed by atoms with E-state index >= 15 is 0 Å². The van der Waals surface area contributed by atoms with Gasteiger partial charge in [0, 0.05) is 11.6 Å². The van der Waals surface area contributed by atoms with Crippen molar-refractivity contribution < 1.29 is 28.1 Å². The van der Waals surface area contributed by atoms with Crippen molar-refractivity contribution in [3.8, 4) is 17.2 Å². The number of fused-ring (bicyclic) bond motifs is 1. The minimum absolute atomic E-state index is 0.102. The van der Waals surface area contributed by atoms with Crippen LogP contribution in [0.4, 0.5) is 4.39 Å². The Bertz CT molecular complexity index is 714. The first-order valence-electron chi connectivity index (χ1n) is 6.56. The van der Waals surface area contributed by atoms with Crippen LogP contribution in [-0.4, -0.2) is 19.9 Å². The number of hydrogen-bond donors (Lipinski definition) is 0. The van der Waals surface area contributed by atoms with Gasteiger partial charge in [-0.2, -0.15) is 0 Å². The number of methoxy groups -OCH3 is 1. The molecular weight excluding hydrogens is 291 g/mol. The van der Waals surface area contributed by atoms with Crippen LogP contribution in [-0.2, 0) is 11.3 Å². The maximum atomic E-state index is 13.3. The van der Waals surface area contributed by atoms with Crippen molar-refractivity contribution in [1.29, 1.82) is 0 Å². The Kier molecular flexibility index (Phi) is 3.82. The van der Waals surface area contributed by atoms with Crippen molar-refractivity contribution in [2.24, 2.45) is 0 Å². The smallest absolute Gasteiger partial charge is 0.338 e. The zero-order valence-electron chi connectivity index (χ0n) is 11.8. The lowest BCUT2D eigenvalue weighted by Gasteiger charge is -2.10. The highest BCUT2D eigenvalue weighted by atomic mass is 19.1. The molecule has 0 fully saturated rings. The van der Waals surface area contributed by atoms with Crippen molar-refractivity contribution >= 4 is 5.97 Å². The van der Waals surface area contributed by atoms with E-state index in [2.05, 4.69) is 4.74 Å². The number of halogens is 1. The van der Waals surface area contributed by atoms with E-state index in [1.807, 2.05) is 0 Å². The summed E-state index contributed by atoms with van der Waals surface area (Å²) in [5, 5.41) is 0. The maximum Gasteiger partial charge on any atom is 0.338 e. The lowest BCUT2D eigenvalue weighted by Crippen LogP contribution is -2.08. The van der Waals surface area contributed by atoms with Gasteiger partial charge >= 0.3 is 5.97 Å². The first kappa shape index (κ1) is 14.2. The Labute approximate surface area is 126 Å². The van der Waals surface area contributed by atoms with Crippen LogP contribution in [0.15, 0.2) is 36.4 Å². The topological polar surface area (TPSA) is 54.0 Å². The molecule has 0 N–H and O–H groups in total. The van der Waals surface area contributed by atoms with Gasteiger partial charge in [-0.1, -0.05) is 6.07 Å². The zero-order chi connectivity index (χ0) is 15.5. The molecule has 0 unspecified atom stereocenters. The van der Waals surface area contributed by atoms with Crippen molar-refractivity contribution in [2.45, 2.75) is 6.61 Å². The van der Waals surface area contributed by atoms with Gasteiger partial charge in [-0.25, -0.2) is 9.18 Å². The molecule has 0 bridgehead atoms. The van der Waals surface area contributed by atoms with E-state index in [9.17, 15) is 9.18 Å². The molecule has 0 spiro atoms. The van der Waals surface area contributed by atoms with Gasteiger partial charge < -0.3 is 18.9 Å². The molecule has 0 radical (unpaired) electrons. The van der Waals surface area contributed by atoms with Crippen molar-refractivity contribution in [3.63, 3.8) is 0 Å². The van der Waals surface area contributed by atoms with E-state index in [-0.39, 0.29) is 19.0 Å².